The number of sulfonamides is 1. The van der Waals surface area contributed by atoms with Crippen LogP contribution in [0.3, 0.4) is 0 Å². The first-order valence-electron chi connectivity index (χ1n) is 6.46. The number of nitrogens with one attached hydrogen (secondary N) is 1. The summed E-state index contributed by atoms with van der Waals surface area (Å²) >= 11 is 0. The summed E-state index contributed by atoms with van der Waals surface area (Å²) in [5, 5.41) is 3.14. The average molecular weight is 262 g/mol. The maximum absolute atomic E-state index is 12.3. The fraction of sp³-hybridized carbons (Fsp3) is 1.00. The Balaban J connectivity index is 2.63. The molecule has 1 N–H and O–H groups in total. The van der Waals surface area contributed by atoms with Gasteiger partial charge in [0.05, 0.1) is 5.75 Å². The van der Waals surface area contributed by atoms with Crippen molar-refractivity contribution in [1.29, 1.82) is 0 Å². The van der Waals surface area contributed by atoms with E-state index in [-0.39, 0.29) is 17.2 Å². The van der Waals surface area contributed by atoms with Crippen LogP contribution >= 0.6 is 0 Å². The minimum absolute atomic E-state index is 0.0722. The first kappa shape index (κ1) is 14.9. The van der Waals surface area contributed by atoms with Gasteiger partial charge >= 0.3 is 0 Å². The van der Waals surface area contributed by atoms with E-state index >= 15 is 0 Å². The summed E-state index contributed by atoms with van der Waals surface area (Å²) in [5.41, 5.74) is 0.0722. The summed E-state index contributed by atoms with van der Waals surface area (Å²) in [6.45, 7) is 10.5. The highest BCUT2D eigenvalue weighted by molar-refractivity contribution is 7.89. The Morgan fingerprint density at radius 3 is 2.24 bits per heavy atom. The largest absolute Gasteiger partial charge is 0.313 e. The molecule has 0 radical (unpaired) electrons. The van der Waals surface area contributed by atoms with Gasteiger partial charge in [-0.25, -0.2) is 8.42 Å². The number of nitrogens with zero attached hydrogens (tertiary/aromatic N) is 1. The van der Waals surface area contributed by atoms with Crippen molar-refractivity contribution in [3.63, 3.8) is 0 Å². The second-order valence-corrected chi connectivity index (χ2v) is 8.09. The Labute approximate surface area is 106 Å². The molecule has 0 aromatic rings. The Kier molecular flexibility index (Phi) is 4.98. The van der Waals surface area contributed by atoms with Crippen LogP contribution < -0.4 is 5.32 Å². The lowest BCUT2D eigenvalue weighted by atomic mass is 9.94. The molecule has 1 heterocycles. The Hall–Kier alpha value is -0.130. The molecule has 0 atom stereocenters. The minimum atomic E-state index is -3.08. The van der Waals surface area contributed by atoms with Gasteiger partial charge in [0, 0.05) is 25.7 Å². The van der Waals surface area contributed by atoms with Gasteiger partial charge < -0.3 is 5.32 Å². The van der Waals surface area contributed by atoms with Gasteiger partial charge in [0.2, 0.25) is 10.0 Å². The zero-order chi connectivity index (χ0) is 13.1. The molecule has 0 unspecified atom stereocenters. The average Bonchev–Trinajstić information content (AvgIpc) is 2.10. The molecule has 1 aliphatic rings. The minimum Gasteiger partial charge on any atom is -0.313 e. The molecule has 102 valence electrons. The number of hydrogen-bond donors (Lipinski definition) is 1. The van der Waals surface area contributed by atoms with Crippen molar-refractivity contribution in [2.75, 3.05) is 25.4 Å². The molecule has 5 heteroatoms. The van der Waals surface area contributed by atoms with E-state index < -0.39 is 10.0 Å². The van der Waals surface area contributed by atoms with Gasteiger partial charge in [-0.1, -0.05) is 27.7 Å². The zero-order valence-electron chi connectivity index (χ0n) is 11.5. The van der Waals surface area contributed by atoms with Crippen LogP contribution in [0.2, 0.25) is 0 Å². The van der Waals surface area contributed by atoms with Gasteiger partial charge in [0.15, 0.2) is 0 Å². The van der Waals surface area contributed by atoms with E-state index in [1.807, 2.05) is 6.92 Å². The van der Waals surface area contributed by atoms with Gasteiger partial charge in [-0.15, -0.1) is 0 Å². The summed E-state index contributed by atoms with van der Waals surface area (Å²) in [6.07, 6.45) is 1.60. The quantitative estimate of drug-likeness (QED) is 0.788. The Bertz CT molecular complexity index is 329. The van der Waals surface area contributed by atoms with E-state index in [1.165, 1.54) is 0 Å². The maximum atomic E-state index is 12.3. The lowest BCUT2D eigenvalue weighted by Gasteiger charge is -2.37. The molecule has 0 spiro atoms. The SMILES string of the molecule is CCCN(C1CNC1)S(=O)(=O)CCC(C)(C)C. The van der Waals surface area contributed by atoms with Gasteiger partial charge in [0.1, 0.15) is 0 Å². The van der Waals surface area contributed by atoms with Crippen LogP contribution in [0.25, 0.3) is 0 Å². The monoisotopic (exact) mass is 262 g/mol. The standard InChI is InChI=1S/C12H26N2O2S/c1-5-7-14(11-9-13-10-11)17(15,16)8-6-12(2,3)4/h11,13H,5-10H2,1-4H3. The van der Waals surface area contributed by atoms with E-state index in [0.29, 0.717) is 6.54 Å². The van der Waals surface area contributed by atoms with Crippen molar-refractivity contribution in [2.24, 2.45) is 5.41 Å². The predicted octanol–water partition coefficient (Wildman–Crippen LogP) is 1.44. The molecule has 0 bridgehead atoms. The summed E-state index contributed by atoms with van der Waals surface area (Å²) in [4.78, 5) is 0. The molecule has 4 nitrogen and oxygen atoms in total. The number of hydrogen-bond acceptors (Lipinski definition) is 3. The highest BCUT2D eigenvalue weighted by Crippen LogP contribution is 2.22. The van der Waals surface area contributed by atoms with Crippen LogP contribution in [0.4, 0.5) is 0 Å². The summed E-state index contributed by atoms with van der Waals surface area (Å²) < 4.78 is 26.3. The molecular formula is C12H26N2O2S. The fourth-order valence-corrected chi connectivity index (χ4v) is 3.97. The Morgan fingerprint density at radius 2 is 1.88 bits per heavy atom. The smallest absolute Gasteiger partial charge is 0.214 e. The second-order valence-electron chi connectivity index (χ2n) is 6.05. The van der Waals surface area contributed by atoms with Crippen LogP contribution in [-0.4, -0.2) is 44.2 Å². The normalized spacial score (nSPS) is 18.4. The lowest BCUT2D eigenvalue weighted by Crippen LogP contribution is -2.59. The summed E-state index contributed by atoms with van der Waals surface area (Å²) in [6, 6.07) is 0.180. The maximum Gasteiger partial charge on any atom is 0.214 e. The van der Waals surface area contributed by atoms with Crippen molar-refractivity contribution in [3.8, 4) is 0 Å². The molecule has 17 heavy (non-hydrogen) atoms. The van der Waals surface area contributed by atoms with Crippen molar-refractivity contribution >= 4 is 10.0 Å². The summed E-state index contributed by atoms with van der Waals surface area (Å²) in [7, 11) is -3.08. The molecule has 0 aromatic carbocycles. The Morgan fingerprint density at radius 1 is 1.29 bits per heavy atom. The van der Waals surface area contributed by atoms with Gasteiger partial charge in [-0.3, -0.25) is 0 Å². The third kappa shape index (κ3) is 4.56. The third-order valence-electron chi connectivity index (χ3n) is 3.08. The molecule has 0 amide bonds. The number of rotatable bonds is 6. The van der Waals surface area contributed by atoms with Crippen LogP contribution in [0.15, 0.2) is 0 Å². The van der Waals surface area contributed by atoms with Crippen molar-refractivity contribution < 1.29 is 8.42 Å². The van der Waals surface area contributed by atoms with Crippen LogP contribution in [-0.2, 0) is 10.0 Å². The van der Waals surface area contributed by atoms with Crippen LogP contribution in [0.1, 0.15) is 40.5 Å². The highest BCUT2D eigenvalue weighted by Gasteiger charge is 2.33. The molecule has 1 saturated heterocycles. The molecule has 1 rings (SSSR count). The van der Waals surface area contributed by atoms with Crippen molar-refractivity contribution in [3.05, 3.63) is 0 Å². The molecule has 1 aliphatic heterocycles. The molecule has 0 saturated carbocycles. The summed E-state index contributed by atoms with van der Waals surface area (Å²) in [5.74, 6) is 0.271. The highest BCUT2D eigenvalue weighted by atomic mass is 32.2. The van der Waals surface area contributed by atoms with Gasteiger partial charge in [0.25, 0.3) is 0 Å². The van der Waals surface area contributed by atoms with E-state index in [9.17, 15) is 8.42 Å². The molecule has 0 aliphatic carbocycles. The first-order chi connectivity index (χ1) is 7.76. The molecular weight excluding hydrogens is 236 g/mol. The van der Waals surface area contributed by atoms with Crippen LogP contribution in [0.5, 0.6) is 0 Å². The topological polar surface area (TPSA) is 49.4 Å². The van der Waals surface area contributed by atoms with Crippen LogP contribution in [0, 0.1) is 5.41 Å². The van der Waals surface area contributed by atoms with E-state index in [0.717, 1.165) is 25.9 Å². The van der Waals surface area contributed by atoms with Crippen molar-refractivity contribution in [1.82, 2.24) is 9.62 Å². The van der Waals surface area contributed by atoms with Gasteiger partial charge in [-0.2, -0.15) is 4.31 Å². The lowest BCUT2D eigenvalue weighted by molar-refractivity contribution is 0.240. The molecule has 0 aromatic heterocycles. The van der Waals surface area contributed by atoms with Gasteiger partial charge in [-0.05, 0) is 18.3 Å². The fourth-order valence-electron chi connectivity index (χ4n) is 1.80. The second kappa shape index (κ2) is 5.67. The first-order valence-corrected chi connectivity index (χ1v) is 8.07. The van der Waals surface area contributed by atoms with E-state index in [4.69, 9.17) is 0 Å². The predicted molar refractivity (Wildman–Crippen MR) is 71.5 cm³/mol. The van der Waals surface area contributed by atoms with E-state index in [1.54, 1.807) is 4.31 Å². The molecule has 1 fully saturated rings. The third-order valence-corrected chi connectivity index (χ3v) is 4.99. The van der Waals surface area contributed by atoms with E-state index in [2.05, 4.69) is 26.1 Å². The van der Waals surface area contributed by atoms with Crippen molar-refractivity contribution in [2.45, 2.75) is 46.6 Å². The zero-order valence-corrected chi connectivity index (χ0v) is 12.3.